The molecule has 0 aliphatic carbocycles. The third kappa shape index (κ3) is 7.41. The van der Waals surface area contributed by atoms with E-state index in [1.54, 1.807) is 0 Å². The lowest BCUT2D eigenvalue weighted by Gasteiger charge is -2.28. The van der Waals surface area contributed by atoms with Gasteiger partial charge < -0.3 is 0 Å². The van der Waals surface area contributed by atoms with Crippen molar-refractivity contribution in [2.45, 2.75) is 65.2 Å². The highest BCUT2D eigenvalue weighted by atomic mass is 31.2. The molecule has 0 unspecified atom stereocenters. The van der Waals surface area contributed by atoms with Gasteiger partial charge in [0, 0.05) is 0 Å². The summed E-state index contributed by atoms with van der Waals surface area (Å²) in [7, 11) is -1.69. The van der Waals surface area contributed by atoms with E-state index >= 15 is 0 Å². The molecule has 0 N–H and O–H groups in total. The molecule has 0 spiro atoms. The van der Waals surface area contributed by atoms with Crippen LogP contribution in [0.2, 0.25) is 0 Å². The van der Waals surface area contributed by atoms with Crippen molar-refractivity contribution in [1.82, 2.24) is 0 Å². The summed E-state index contributed by atoms with van der Waals surface area (Å²) < 4.78 is 0. The van der Waals surface area contributed by atoms with Gasteiger partial charge in [0.2, 0.25) is 0 Å². The van der Waals surface area contributed by atoms with Crippen molar-refractivity contribution in [3.63, 3.8) is 0 Å². The molecule has 0 radical (unpaired) electrons. The first-order valence-electron chi connectivity index (χ1n) is 13.0. The van der Waals surface area contributed by atoms with Gasteiger partial charge in [-0.2, -0.15) is 0 Å². The number of unbranched alkanes of at least 4 members (excludes halogenated alkanes) is 4. The molecule has 0 nitrogen and oxygen atoms in total. The molecule has 3 aromatic carbocycles. The van der Waals surface area contributed by atoms with Gasteiger partial charge in [0.05, 0.1) is 6.16 Å². The van der Waals surface area contributed by atoms with Crippen molar-refractivity contribution in [3.8, 4) is 0 Å². The maximum Gasteiger partial charge on any atom is 0.112 e. The molecule has 0 fully saturated rings. The summed E-state index contributed by atoms with van der Waals surface area (Å²) in [5.41, 5.74) is 0. The zero-order chi connectivity index (χ0) is 23.2. The Morgan fingerprint density at radius 3 is 1.58 bits per heavy atom. The Kier molecular flexibility index (Phi) is 10.9. The summed E-state index contributed by atoms with van der Waals surface area (Å²) in [6.07, 6.45) is 16.5. The van der Waals surface area contributed by atoms with Crippen LogP contribution in [0.15, 0.2) is 103 Å². The first kappa shape index (κ1) is 25.5. The van der Waals surface area contributed by atoms with E-state index in [1.807, 2.05) is 0 Å². The third-order valence-electron chi connectivity index (χ3n) is 6.77. The Morgan fingerprint density at radius 1 is 0.606 bits per heavy atom. The van der Waals surface area contributed by atoms with E-state index in [1.165, 1.54) is 73.4 Å². The van der Waals surface area contributed by atoms with Crippen LogP contribution in [0.3, 0.4) is 0 Å². The number of rotatable bonds is 14. The minimum Gasteiger partial charge on any atom is -0.0885 e. The van der Waals surface area contributed by atoms with Gasteiger partial charge >= 0.3 is 0 Å². The first-order valence-corrected chi connectivity index (χ1v) is 14.9. The molecule has 3 aromatic rings. The molecule has 0 aliphatic rings. The Balaban J connectivity index is 1.74. The summed E-state index contributed by atoms with van der Waals surface area (Å²) >= 11 is 0. The lowest BCUT2D eigenvalue weighted by molar-refractivity contribution is 0.524. The van der Waals surface area contributed by atoms with Crippen molar-refractivity contribution in [3.05, 3.63) is 103 Å². The van der Waals surface area contributed by atoms with E-state index in [2.05, 4.69) is 117 Å². The second-order valence-corrected chi connectivity index (χ2v) is 12.9. The molecule has 3 rings (SSSR count). The predicted octanol–water partition coefficient (Wildman–Crippen LogP) is 8.31. The van der Waals surface area contributed by atoms with E-state index < -0.39 is 7.26 Å². The molecule has 0 saturated heterocycles. The lowest BCUT2D eigenvalue weighted by Crippen LogP contribution is -2.33. The normalized spacial score (nSPS) is 12.8. The van der Waals surface area contributed by atoms with E-state index in [4.69, 9.17) is 0 Å². The molecule has 0 aliphatic heterocycles. The average Bonchev–Trinajstić information content (AvgIpc) is 2.88. The van der Waals surface area contributed by atoms with Crippen LogP contribution in [0.25, 0.3) is 0 Å². The fourth-order valence-electron chi connectivity index (χ4n) is 4.75. The van der Waals surface area contributed by atoms with Crippen LogP contribution in [0.4, 0.5) is 0 Å². The second-order valence-electron chi connectivity index (χ2n) is 9.33. The maximum atomic E-state index is 2.45. The Hall–Kier alpha value is -2.17. The molecule has 174 valence electrons. The lowest BCUT2D eigenvalue weighted by atomic mass is 10.0. The molecule has 0 saturated carbocycles. The predicted molar refractivity (Wildman–Crippen MR) is 151 cm³/mol. The van der Waals surface area contributed by atoms with Gasteiger partial charge in [0.15, 0.2) is 0 Å². The molecule has 33 heavy (non-hydrogen) atoms. The Morgan fingerprint density at radius 2 is 1.09 bits per heavy atom. The maximum absolute atomic E-state index is 2.45. The van der Waals surface area contributed by atoms with Crippen molar-refractivity contribution >= 4 is 23.2 Å². The number of hydrogen-bond donors (Lipinski definition) is 0. The highest BCUT2D eigenvalue weighted by Crippen LogP contribution is 2.56. The van der Waals surface area contributed by atoms with Gasteiger partial charge in [0.1, 0.15) is 23.2 Å². The average molecular weight is 458 g/mol. The van der Waals surface area contributed by atoms with Crippen LogP contribution >= 0.6 is 7.26 Å². The van der Waals surface area contributed by atoms with Gasteiger partial charge in [-0.15, -0.1) is 0 Å². The van der Waals surface area contributed by atoms with Crippen LogP contribution in [0, 0.1) is 5.92 Å². The van der Waals surface area contributed by atoms with E-state index in [0.29, 0.717) is 0 Å². The largest absolute Gasteiger partial charge is 0.112 e. The zero-order valence-corrected chi connectivity index (χ0v) is 21.6. The smallest absolute Gasteiger partial charge is 0.0885 e. The van der Waals surface area contributed by atoms with Crippen LogP contribution in [0.5, 0.6) is 0 Å². The van der Waals surface area contributed by atoms with E-state index in [9.17, 15) is 0 Å². The topological polar surface area (TPSA) is 0 Å². The molecular weight excluding hydrogens is 415 g/mol. The highest BCUT2D eigenvalue weighted by Gasteiger charge is 2.44. The third-order valence-corrected chi connectivity index (χ3v) is 11.2. The molecule has 0 bridgehead atoms. The summed E-state index contributed by atoms with van der Waals surface area (Å²) in [6.45, 7) is 4.73. The summed E-state index contributed by atoms with van der Waals surface area (Å²) in [6, 6.07) is 33.9. The number of benzene rings is 3. The fourth-order valence-corrected chi connectivity index (χ4v) is 9.29. The zero-order valence-electron chi connectivity index (χ0n) is 20.7. The highest BCUT2D eigenvalue weighted by molar-refractivity contribution is 7.95. The van der Waals surface area contributed by atoms with Gasteiger partial charge in [-0.1, -0.05) is 99.9 Å². The molecule has 0 aromatic heterocycles. The first-order chi connectivity index (χ1) is 16.3. The molecular formula is C32H42P+. The second kappa shape index (κ2) is 14.2. The SMILES string of the molecule is CCCCCC/C=C/CC[C@@H](C)CC[P+](c1ccccc1)(c1ccccc1)c1ccccc1. The molecule has 1 atom stereocenters. The van der Waals surface area contributed by atoms with Gasteiger partial charge in [-0.05, 0) is 74.4 Å². The minimum absolute atomic E-state index is 0.727. The van der Waals surface area contributed by atoms with Crippen LogP contribution in [-0.2, 0) is 0 Å². The van der Waals surface area contributed by atoms with Crippen molar-refractivity contribution in [1.29, 1.82) is 0 Å². The van der Waals surface area contributed by atoms with E-state index in [0.717, 1.165) is 5.92 Å². The van der Waals surface area contributed by atoms with Crippen molar-refractivity contribution < 1.29 is 0 Å². The number of allylic oxidation sites excluding steroid dienone is 2. The van der Waals surface area contributed by atoms with Crippen molar-refractivity contribution in [2.75, 3.05) is 6.16 Å². The van der Waals surface area contributed by atoms with Crippen LogP contribution < -0.4 is 15.9 Å². The molecule has 0 amide bonds. The minimum atomic E-state index is -1.69. The van der Waals surface area contributed by atoms with Gasteiger partial charge in [0.25, 0.3) is 0 Å². The Bertz CT molecular complexity index is 818. The summed E-state index contributed by atoms with van der Waals surface area (Å²) in [5.74, 6) is 0.727. The monoisotopic (exact) mass is 457 g/mol. The summed E-state index contributed by atoms with van der Waals surface area (Å²) in [4.78, 5) is 0. The van der Waals surface area contributed by atoms with Gasteiger partial charge in [-0.3, -0.25) is 0 Å². The summed E-state index contributed by atoms with van der Waals surface area (Å²) in [5, 5.41) is 4.50. The van der Waals surface area contributed by atoms with Crippen LogP contribution in [0.1, 0.15) is 65.2 Å². The molecule has 0 heterocycles. The van der Waals surface area contributed by atoms with E-state index in [-0.39, 0.29) is 0 Å². The molecule has 1 heteroatoms. The number of hydrogen-bond acceptors (Lipinski definition) is 0. The standard InChI is InChI=1S/C32H42P/c1-3-4-5-6-7-8-9-13-20-29(2)27-28-33(30-21-14-10-15-22-30,31-23-16-11-17-24-31)32-25-18-12-19-26-32/h8-12,14-19,21-26,29H,3-7,13,20,27-28H2,1-2H3/q+1/b9-8+/t29-/m1/s1. The quantitative estimate of drug-likeness (QED) is 0.130. The fraction of sp³-hybridized carbons (Fsp3) is 0.375. The Labute approximate surface area is 203 Å². The van der Waals surface area contributed by atoms with Crippen molar-refractivity contribution in [2.24, 2.45) is 5.92 Å². The van der Waals surface area contributed by atoms with Crippen LogP contribution in [-0.4, -0.2) is 6.16 Å². The van der Waals surface area contributed by atoms with Gasteiger partial charge in [-0.25, -0.2) is 0 Å².